The summed E-state index contributed by atoms with van der Waals surface area (Å²) in [7, 11) is 0. The van der Waals surface area contributed by atoms with Crippen molar-refractivity contribution in [3.8, 4) is 11.8 Å². The summed E-state index contributed by atoms with van der Waals surface area (Å²) in [5.74, 6) is 5.29. The minimum absolute atomic E-state index is 0.195. The number of carbonyl (C=O) groups excluding carboxylic acids is 1. The van der Waals surface area contributed by atoms with Gasteiger partial charge in [-0.3, -0.25) is 4.79 Å². The zero-order valence-electron chi connectivity index (χ0n) is 10.4. The van der Waals surface area contributed by atoms with Gasteiger partial charge < -0.3 is 11.1 Å². The molecule has 1 amide bonds. The second kappa shape index (κ2) is 6.23. The fourth-order valence-corrected chi connectivity index (χ4v) is 2.14. The molecule has 0 spiro atoms. The highest BCUT2D eigenvalue weighted by Gasteiger charge is 2.19. The lowest BCUT2D eigenvalue weighted by Gasteiger charge is -2.25. The van der Waals surface area contributed by atoms with E-state index < -0.39 is 0 Å². The normalized spacial score (nSPS) is 22.7. The van der Waals surface area contributed by atoms with E-state index in [0.29, 0.717) is 6.04 Å². The van der Waals surface area contributed by atoms with Crippen LogP contribution < -0.4 is 11.1 Å². The summed E-state index contributed by atoms with van der Waals surface area (Å²) >= 11 is 0. The maximum absolute atomic E-state index is 11.7. The predicted octanol–water partition coefficient (Wildman–Crippen LogP) is 1.42. The van der Waals surface area contributed by atoms with Gasteiger partial charge in [0.1, 0.15) is 0 Å². The van der Waals surface area contributed by atoms with Crippen LogP contribution in [-0.2, 0) is 4.79 Å². The number of carbonyl (C=O) groups is 1. The van der Waals surface area contributed by atoms with Crippen molar-refractivity contribution in [1.82, 2.24) is 5.32 Å². The Balaban J connectivity index is 1.84. The quantitative estimate of drug-likeness (QED) is 0.732. The predicted molar refractivity (Wildman–Crippen MR) is 71.7 cm³/mol. The first-order valence-corrected chi connectivity index (χ1v) is 6.37. The van der Waals surface area contributed by atoms with Gasteiger partial charge in [-0.05, 0) is 37.8 Å². The van der Waals surface area contributed by atoms with Gasteiger partial charge in [-0.2, -0.15) is 0 Å². The molecule has 3 heteroatoms. The second-order valence-electron chi connectivity index (χ2n) is 4.70. The van der Waals surface area contributed by atoms with Gasteiger partial charge in [0.25, 0.3) is 5.91 Å². The molecule has 94 valence electrons. The monoisotopic (exact) mass is 242 g/mol. The number of nitrogens with two attached hydrogens (primary N) is 1. The Morgan fingerprint density at radius 2 is 1.83 bits per heavy atom. The highest BCUT2D eigenvalue weighted by atomic mass is 16.1. The van der Waals surface area contributed by atoms with Crippen molar-refractivity contribution in [2.75, 3.05) is 0 Å². The molecule has 18 heavy (non-hydrogen) atoms. The number of hydrogen-bond acceptors (Lipinski definition) is 2. The lowest BCUT2D eigenvalue weighted by atomic mass is 9.92. The van der Waals surface area contributed by atoms with Crippen molar-refractivity contribution >= 4 is 5.91 Å². The SMILES string of the molecule is NC1CCC(NC(=O)C#Cc2ccccc2)CC1. The van der Waals surface area contributed by atoms with Crippen LogP contribution >= 0.6 is 0 Å². The topological polar surface area (TPSA) is 55.1 Å². The van der Waals surface area contributed by atoms with Gasteiger partial charge in [0.15, 0.2) is 0 Å². The van der Waals surface area contributed by atoms with Crippen molar-refractivity contribution in [3.05, 3.63) is 35.9 Å². The fraction of sp³-hybridized carbons (Fsp3) is 0.400. The summed E-state index contributed by atoms with van der Waals surface area (Å²) in [6, 6.07) is 10.1. The molecule has 3 nitrogen and oxygen atoms in total. The van der Waals surface area contributed by atoms with Gasteiger partial charge >= 0.3 is 0 Å². The Morgan fingerprint density at radius 3 is 2.50 bits per heavy atom. The fourth-order valence-electron chi connectivity index (χ4n) is 2.14. The first-order valence-electron chi connectivity index (χ1n) is 6.37. The number of amides is 1. The van der Waals surface area contributed by atoms with E-state index in [9.17, 15) is 4.79 Å². The smallest absolute Gasteiger partial charge is 0.296 e. The van der Waals surface area contributed by atoms with Gasteiger partial charge in [-0.25, -0.2) is 0 Å². The molecule has 1 aliphatic rings. The summed E-state index contributed by atoms with van der Waals surface area (Å²) in [4.78, 5) is 11.7. The van der Waals surface area contributed by atoms with E-state index in [0.717, 1.165) is 31.2 Å². The number of hydrogen-bond donors (Lipinski definition) is 2. The first-order chi connectivity index (χ1) is 8.74. The molecule has 1 aliphatic carbocycles. The summed E-state index contributed by atoms with van der Waals surface area (Å²) < 4.78 is 0. The van der Waals surface area contributed by atoms with Crippen LogP contribution in [0.5, 0.6) is 0 Å². The molecule has 1 saturated carbocycles. The number of benzene rings is 1. The van der Waals surface area contributed by atoms with Crippen LogP contribution in [0.4, 0.5) is 0 Å². The average Bonchev–Trinajstić information content (AvgIpc) is 2.40. The molecule has 2 rings (SSSR count). The van der Waals surface area contributed by atoms with Crippen LogP contribution in [0.15, 0.2) is 30.3 Å². The molecule has 0 aliphatic heterocycles. The Kier molecular flexibility index (Phi) is 4.38. The van der Waals surface area contributed by atoms with E-state index >= 15 is 0 Å². The highest BCUT2D eigenvalue weighted by molar-refractivity contribution is 5.94. The largest absolute Gasteiger partial charge is 0.343 e. The molecule has 0 bridgehead atoms. The van der Waals surface area contributed by atoms with Crippen molar-refractivity contribution in [2.45, 2.75) is 37.8 Å². The van der Waals surface area contributed by atoms with E-state index in [4.69, 9.17) is 5.73 Å². The third-order valence-corrected chi connectivity index (χ3v) is 3.20. The van der Waals surface area contributed by atoms with E-state index in [1.165, 1.54) is 0 Å². The van der Waals surface area contributed by atoms with E-state index in [1.54, 1.807) is 0 Å². The lowest BCUT2D eigenvalue weighted by Crippen LogP contribution is -2.39. The zero-order chi connectivity index (χ0) is 12.8. The van der Waals surface area contributed by atoms with E-state index in [1.807, 2.05) is 30.3 Å². The molecule has 1 fully saturated rings. The molecule has 0 radical (unpaired) electrons. The van der Waals surface area contributed by atoms with Crippen LogP contribution in [-0.4, -0.2) is 18.0 Å². The summed E-state index contributed by atoms with van der Waals surface area (Å²) in [5.41, 5.74) is 6.68. The van der Waals surface area contributed by atoms with Crippen LogP contribution in [0, 0.1) is 11.8 Å². The number of rotatable bonds is 1. The molecule has 0 heterocycles. The van der Waals surface area contributed by atoms with Gasteiger partial charge in [0.05, 0.1) is 0 Å². The maximum atomic E-state index is 11.7. The molecule has 0 aromatic heterocycles. The molecular weight excluding hydrogens is 224 g/mol. The van der Waals surface area contributed by atoms with Crippen molar-refractivity contribution in [3.63, 3.8) is 0 Å². The molecular formula is C15H18N2O. The van der Waals surface area contributed by atoms with Crippen LogP contribution in [0.25, 0.3) is 0 Å². The first kappa shape index (κ1) is 12.7. The summed E-state index contributed by atoms with van der Waals surface area (Å²) in [5, 5.41) is 2.94. The minimum atomic E-state index is -0.195. The molecule has 1 aromatic rings. The molecule has 3 N–H and O–H groups in total. The van der Waals surface area contributed by atoms with Gasteiger partial charge in [0.2, 0.25) is 0 Å². The molecule has 1 aromatic carbocycles. The van der Waals surface area contributed by atoms with Gasteiger partial charge in [-0.1, -0.05) is 24.1 Å². The van der Waals surface area contributed by atoms with Crippen LogP contribution in [0.1, 0.15) is 31.2 Å². The van der Waals surface area contributed by atoms with Crippen LogP contribution in [0.2, 0.25) is 0 Å². The zero-order valence-corrected chi connectivity index (χ0v) is 10.4. The van der Waals surface area contributed by atoms with Crippen LogP contribution in [0.3, 0.4) is 0 Å². The van der Waals surface area contributed by atoms with E-state index in [2.05, 4.69) is 17.2 Å². The minimum Gasteiger partial charge on any atom is -0.343 e. The highest BCUT2D eigenvalue weighted by Crippen LogP contribution is 2.16. The average molecular weight is 242 g/mol. The number of nitrogens with one attached hydrogen (secondary N) is 1. The van der Waals surface area contributed by atoms with E-state index in [-0.39, 0.29) is 11.9 Å². The molecule has 0 unspecified atom stereocenters. The Morgan fingerprint density at radius 1 is 1.17 bits per heavy atom. The Labute approximate surface area is 108 Å². The van der Waals surface area contributed by atoms with Crippen molar-refractivity contribution in [1.29, 1.82) is 0 Å². The van der Waals surface area contributed by atoms with Crippen molar-refractivity contribution < 1.29 is 4.79 Å². The standard InChI is InChI=1S/C15H18N2O/c16-13-7-9-14(10-8-13)17-15(18)11-6-12-4-2-1-3-5-12/h1-5,13-14H,7-10,16H2,(H,17,18). The van der Waals surface area contributed by atoms with Crippen molar-refractivity contribution in [2.24, 2.45) is 5.73 Å². The van der Waals surface area contributed by atoms with Gasteiger partial charge in [-0.15, -0.1) is 0 Å². The lowest BCUT2D eigenvalue weighted by molar-refractivity contribution is -0.116. The molecule has 0 atom stereocenters. The third kappa shape index (κ3) is 3.90. The maximum Gasteiger partial charge on any atom is 0.296 e. The van der Waals surface area contributed by atoms with Gasteiger partial charge in [0, 0.05) is 23.6 Å². The summed E-state index contributed by atoms with van der Waals surface area (Å²) in [6.07, 6.45) is 3.88. The second-order valence-corrected chi connectivity index (χ2v) is 4.70. The Hall–Kier alpha value is -1.79. The summed E-state index contributed by atoms with van der Waals surface area (Å²) in [6.45, 7) is 0. The third-order valence-electron chi connectivity index (χ3n) is 3.20. The Bertz CT molecular complexity index is 450. The molecule has 0 saturated heterocycles.